The largest absolute Gasteiger partial charge is 0.508 e. The standard InChI is InChI=1S/C11H14N2O4/c14-9-3-1-8(2-4-9)5-12-6-10(15)13-7-11(16)17/h1-4,12,14H,5-7H2,(H,13,15)(H,16,17). The molecule has 0 unspecified atom stereocenters. The Kier molecular flexibility index (Phi) is 4.96. The summed E-state index contributed by atoms with van der Waals surface area (Å²) < 4.78 is 0. The number of aromatic hydroxyl groups is 1. The maximum atomic E-state index is 11.1. The highest BCUT2D eigenvalue weighted by Gasteiger charge is 2.02. The van der Waals surface area contributed by atoms with Crippen LogP contribution in [0.15, 0.2) is 24.3 Å². The van der Waals surface area contributed by atoms with Crippen LogP contribution in [-0.4, -0.2) is 35.2 Å². The van der Waals surface area contributed by atoms with Crippen molar-refractivity contribution >= 4 is 11.9 Å². The molecule has 0 fully saturated rings. The van der Waals surface area contributed by atoms with E-state index in [2.05, 4.69) is 10.6 Å². The molecule has 0 aromatic heterocycles. The lowest BCUT2D eigenvalue weighted by molar-refractivity contribution is -0.137. The summed E-state index contributed by atoms with van der Waals surface area (Å²) in [7, 11) is 0. The molecular formula is C11H14N2O4. The second-order valence-corrected chi connectivity index (χ2v) is 3.44. The van der Waals surface area contributed by atoms with Gasteiger partial charge in [-0.15, -0.1) is 0 Å². The van der Waals surface area contributed by atoms with Gasteiger partial charge in [0.25, 0.3) is 0 Å². The normalized spacial score (nSPS) is 9.88. The predicted molar refractivity (Wildman–Crippen MR) is 60.5 cm³/mol. The Morgan fingerprint density at radius 1 is 1.12 bits per heavy atom. The second-order valence-electron chi connectivity index (χ2n) is 3.44. The van der Waals surface area contributed by atoms with Crippen LogP contribution in [0.5, 0.6) is 5.75 Å². The van der Waals surface area contributed by atoms with Crippen molar-refractivity contribution in [3.05, 3.63) is 29.8 Å². The summed E-state index contributed by atoms with van der Waals surface area (Å²) in [5.41, 5.74) is 0.925. The topological polar surface area (TPSA) is 98.7 Å². The third kappa shape index (κ3) is 5.53. The van der Waals surface area contributed by atoms with Crippen molar-refractivity contribution in [3.63, 3.8) is 0 Å². The van der Waals surface area contributed by atoms with Gasteiger partial charge >= 0.3 is 5.97 Å². The number of carbonyl (C=O) groups excluding carboxylic acids is 1. The summed E-state index contributed by atoms with van der Waals surface area (Å²) in [4.78, 5) is 21.3. The van der Waals surface area contributed by atoms with Gasteiger partial charge in [-0.2, -0.15) is 0 Å². The van der Waals surface area contributed by atoms with Crippen LogP contribution in [0, 0.1) is 0 Å². The number of benzene rings is 1. The van der Waals surface area contributed by atoms with E-state index in [1.165, 1.54) is 0 Å². The van der Waals surface area contributed by atoms with E-state index >= 15 is 0 Å². The number of aliphatic carboxylic acids is 1. The van der Waals surface area contributed by atoms with E-state index in [1.54, 1.807) is 24.3 Å². The van der Waals surface area contributed by atoms with Gasteiger partial charge < -0.3 is 20.8 Å². The first-order valence-electron chi connectivity index (χ1n) is 5.05. The summed E-state index contributed by atoms with van der Waals surface area (Å²) in [6.07, 6.45) is 0. The first kappa shape index (κ1) is 13.0. The summed E-state index contributed by atoms with van der Waals surface area (Å²) in [6, 6.07) is 6.58. The number of carboxylic acids is 1. The fourth-order valence-electron chi connectivity index (χ4n) is 1.17. The molecule has 0 saturated carbocycles. The molecule has 0 atom stereocenters. The number of rotatable bonds is 6. The van der Waals surface area contributed by atoms with Crippen LogP contribution in [0.3, 0.4) is 0 Å². The number of nitrogens with one attached hydrogen (secondary N) is 2. The van der Waals surface area contributed by atoms with Crippen molar-refractivity contribution in [1.29, 1.82) is 0 Å². The molecule has 0 heterocycles. The summed E-state index contributed by atoms with van der Waals surface area (Å²) in [6.45, 7) is 0.147. The Bertz CT molecular complexity index is 389. The molecule has 0 aliphatic carbocycles. The van der Waals surface area contributed by atoms with Gasteiger partial charge in [-0.1, -0.05) is 12.1 Å². The van der Waals surface area contributed by atoms with Gasteiger partial charge in [-0.05, 0) is 17.7 Å². The van der Waals surface area contributed by atoms with Gasteiger partial charge in [0.1, 0.15) is 12.3 Å². The van der Waals surface area contributed by atoms with Crippen LogP contribution in [0.25, 0.3) is 0 Å². The lowest BCUT2D eigenvalue weighted by Gasteiger charge is -2.05. The smallest absolute Gasteiger partial charge is 0.322 e. The number of carboxylic acid groups (broad SMARTS) is 1. The van der Waals surface area contributed by atoms with Crippen molar-refractivity contribution in [1.82, 2.24) is 10.6 Å². The molecule has 17 heavy (non-hydrogen) atoms. The first-order valence-corrected chi connectivity index (χ1v) is 5.05. The summed E-state index contributed by atoms with van der Waals surface area (Å²) >= 11 is 0. The first-order chi connectivity index (χ1) is 8.08. The Morgan fingerprint density at radius 3 is 2.35 bits per heavy atom. The fourth-order valence-corrected chi connectivity index (χ4v) is 1.17. The SMILES string of the molecule is O=C(O)CNC(=O)CNCc1ccc(O)cc1. The van der Waals surface area contributed by atoms with Gasteiger partial charge in [0.15, 0.2) is 0 Å². The second kappa shape index (κ2) is 6.49. The number of hydrogen-bond acceptors (Lipinski definition) is 4. The highest BCUT2D eigenvalue weighted by molar-refractivity contribution is 5.82. The van der Waals surface area contributed by atoms with Crippen LogP contribution in [-0.2, 0) is 16.1 Å². The maximum absolute atomic E-state index is 11.1. The molecule has 0 saturated heterocycles. The molecule has 4 N–H and O–H groups in total. The van der Waals surface area contributed by atoms with Crippen LogP contribution in [0.2, 0.25) is 0 Å². The molecule has 1 amide bonds. The Balaban J connectivity index is 2.21. The Labute approximate surface area is 98.3 Å². The number of phenols is 1. The molecular weight excluding hydrogens is 224 g/mol. The molecule has 0 spiro atoms. The molecule has 1 aromatic carbocycles. The summed E-state index contributed by atoms with van der Waals surface area (Å²) in [5, 5.41) is 22.5. The zero-order valence-corrected chi connectivity index (χ0v) is 9.14. The van der Waals surface area contributed by atoms with Gasteiger partial charge in [0.05, 0.1) is 6.54 Å². The minimum absolute atomic E-state index is 0.0498. The number of amides is 1. The van der Waals surface area contributed by atoms with Crippen LogP contribution < -0.4 is 10.6 Å². The van der Waals surface area contributed by atoms with E-state index in [9.17, 15) is 9.59 Å². The predicted octanol–water partition coefficient (Wildman–Crippen LogP) is -0.317. The molecule has 0 aliphatic heterocycles. The maximum Gasteiger partial charge on any atom is 0.322 e. The van der Waals surface area contributed by atoms with E-state index in [-0.39, 0.29) is 24.7 Å². The van der Waals surface area contributed by atoms with Crippen LogP contribution in [0.4, 0.5) is 0 Å². The van der Waals surface area contributed by atoms with E-state index in [4.69, 9.17) is 10.2 Å². The summed E-state index contributed by atoms with van der Waals surface area (Å²) in [5.74, 6) is -1.25. The quantitative estimate of drug-likeness (QED) is 0.544. The zero-order chi connectivity index (χ0) is 12.7. The molecule has 92 valence electrons. The van der Waals surface area contributed by atoms with Crippen molar-refractivity contribution in [3.8, 4) is 5.75 Å². The highest BCUT2D eigenvalue weighted by atomic mass is 16.4. The van der Waals surface area contributed by atoms with Gasteiger partial charge in [0, 0.05) is 6.54 Å². The van der Waals surface area contributed by atoms with Crippen molar-refractivity contribution < 1.29 is 19.8 Å². The third-order valence-electron chi connectivity index (χ3n) is 1.99. The van der Waals surface area contributed by atoms with Crippen molar-refractivity contribution in [2.45, 2.75) is 6.54 Å². The van der Waals surface area contributed by atoms with Gasteiger partial charge in [-0.3, -0.25) is 9.59 Å². The number of hydrogen-bond donors (Lipinski definition) is 4. The van der Waals surface area contributed by atoms with Crippen molar-refractivity contribution in [2.75, 3.05) is 13.1 Å². The lowest BCUT2D eigenvalue weighted by atomic mass is 10.2. The molecule has 6 heteroatoms. The monoisotopic (exact) mass is 238 g/mol. The molecule has 0 aliphatic rings. The molecule has 0 radical (unpaired) electrons. The Hall–Kier alpha value is -2.08. The van der Waals surface area contributed by atoms with E-state index in [1.807, 2.05) is 0 Å². The van der Waals surface area contributed by atoms with Gasteiger partial charge in [0.2, 0.25) is 5.91 Å². The number of carbonyl (C=O) groups is 2. The van der Waals surface area contributed by atoms with E-state index < -0.39 is 5.97 Å². The van der Waals surface area contributed by atoms with Crippen LogP contribution in [0.1, 0.15) is 5.56 Å². The van der Waals surface area contributed by atoms with Crippen molar-refractivity contribution in [2.24, 2.45) is 0 Å². The molecule has 1 aromatic rings. The minimum Gasteiger partial charge on any atom is -0.508 e. The highest BCUT2D eigenvalue weighted by Crippen LogP contribution is 2.08. The Morgan fingerprint density at radius 2 is 1.76 bits per heavy atom. The minimum atomic E-state index is -1.07. The average Bonchev–Trinajstić information content (AvgIpc) is 2.29. The molecule has 6 nitrogen and oxygen atoms in total. The molecule has 0 bridgehead atoms. The zero-order valence-electron chi connectivity index (χ0n) is 9.14. The molecule has 1 rings (SSSR count). The lowest BCUT2D eigenvalue weighted by Crippen LogP contribution is -2.36. The van der Waals surface area contributed by atoms with Gasteiger partial charge in [-0.25, -0.2) is 0 Å². The van der Waals surface area contributed by atoms with E-state index in [0.29, 0.717) is 6.54 Å². The number of phenolic OH excluding ortho intramolecular Hbond substituents is 1. The fraction of sp³-hybridized carbons (Fsp3) is 0.273. The average molecular weight is 238 g/mol. The van der Waals surface area contributed by atoms with Crippen LogP contribution >= 0.6 is 0 Å². The van der Waals surface area contributed by atoms with E-state index in [0.717, 1.165) is 5.56 Å². The third-order valence-corrected chi connectivity index (χ3v) is 1.99.